The average Bonchev–Trinajstić information content (AvgIpc) is 3.70. The van der Waals surface area contributed by atoms with E-state index in [1.807, 2.05) is 0 Å². The quantitative estimate of drug-likeness (QED) is 0.237. The third kappa shape index (κ3) is 6.65. The Labute approximate surface area is 262 Å². The number of hydrogen-bond acceptors (Lipinski definition) is 6. The smallest absolute Gasteiger partial charge is 0.352 e. The van der Waals surface area contributed by atoms with Crippen molar-refractivity contribution in [3.63, 3.8) is 0 Å². The van der Waals surface area contributed by atoms with Gasteiger partial charge in [-0.3, -0.25) is 28.5 Å². The van der Waals surface area contributed by atoms with E-state index in [2.05, 4.69) is 20.9 Å². The fraction of sp³-hybridized carbons (Fsp3) is 0.552. The molecule has 5 rings (SSSR count). The Morgan fingerprint density at radius 3 is 2.33 bits per heavy atom. The maximum absolute atomic E-state index is 14.3. The maximum atomic E-state index is 14.3. The first-order valence-corrected chi connectivity index (χ1v) is 16.7. The van der Waals surface area contributed by atoms with Crippen LogP contribution in [0.2, 0.25) is 0 Å². The molecule has 5 amide bonds. The Morgan fingerprint density at radius 2 is 1.67 bits per heavy atom. The summed E-state index contributed by atoms with van der Waals surface area (Å²) in [5.41, 5.74) is -5.27. The van der Waals surface area contributed by atoms with E-state index in [-0.39, 0.29) is 59.0 Å². The molecule has 250 valence electrons. The lowest BCUT2D eigenvalue weighted by molar-refractivity contribution is -0.145. The molecule has 0 radical (unpaired) electrons. The summed E-state index contributed by atoms with van der Waals surface area (Å²) in [4.78, 5) is 88.9. The van der Waals surface area contributed by atoms with E-state index in [1.165, 1.54) is 29.7 Å². The molecule has 3 heterocycles. The lowest BCUT2D eigenvalue weighted by Gasteiger charge is -2.38. The van der Waals surface area contributed by atoms with E-state index >= 15 is 0 Å². The van der Waals surface area contributed by atoms with Crippen molar-refractivity contribution in [3.8, 4) is 0 Å². The Hall–Kier alpha value is -3.88. The second-order valence-electron chi connectivity index (χ2n) is 12.2. The summed E-state index contributed by atoms with van der Waals surface area (Å²) in [6.45, 7) is 2.89. The summed E-state index contributed by atoms with van der Waals surface area (Å²) in [5.74, 6) is -2.20. The molecule has 46 heavy (non-hydrogen) atoms. The molecule has 0 bridgehead atoms. The number of amides is 5. The summed E-state index contributed by atoms with van der Waals surface area (Å²) < 4.78 is 39.9. The number of alkyl halides is 2. The lowest BCUT2D eigenvalue weighted by Crippen LogP contribution is -2.61. The molecule has 2 aliphatic heterocycles. The van der Waals surface area contributed by atoms with Gasteiger partial charge in [-0.25, -0.2) is 0 Å². The summed E-state index contributed by atoms with van der Waals surface area (Å²) in [7, 11) is -5.82. The van der Waals surface area contributed by atoms with Crippen LogP contribution in [0.25, 0.3) is 10.9 Å². The number of nitrogens with one attached hydrogen (secondary N) is 4. The highest BCUT2D eigenvalue weighted by Crippen LogP contribution is 2.59. The van der Waals surface area contributed by atoms with Gasteiger partial charge in [0.05, 0.1) is 0 Å². The zero-order valence-electron chi connectivity index (χ0n) is 25.3. The second kappa shape index (κ2) is 12.7. The van der Waals surface area contributed by atoms with Gasteiger partial charge in [0, 0.05) is 61.5 Å². The number of carbonyl (C=O) groups excluding carboxylic acids is 5. The van der Waals surface area contributed by atoms with E-state index in [1.54, 1.807) is 0 Å². The molecule has 1 aromatic carbocycles. The van der Waals surface area contributed by atoms with Crippen LogP contribution in [0.4, 0.5) is 8.78 Å². The summed E-state index contributed by atoms with van der Waals surface area (Å²) in [6, 6.07) is 1.14. The van der Waals surface area contributed by atoms with Crippen molar-refractivity contribution in [3.05, 3.63) is 35.5 Å². The number of H-pyrrole nitrogens is 1. The highest BCUT2D eigenvalue weighted by atomic mass is 31.2. The number of rotatable bonds is 7. The second-order valence-corrected chi connectivity index (χ2v) is 13.8. The fourth-order valence-corrected chi connectivity index (χ4v) is 7.19. The first-order valence-electron chi connectivity index (χ1n) is 15.1. The van der Waals surface area contributed by atoms with E-state index in [4.69, 9.17) is 9.79 Å². The fourth-order valence-electron chi connectivity index (χ4n) is 6.72. The third-order valence-electron chi connectivity index (χ3n) is 9.05. The van der Waals surface area contributed by atoms with Crippen molar-refractivity contribution in [2.75, 3.05) is 13.1 Å². The normalized spacial score (nSPS) is 25.5. The minimum absolute atomic E-state index is 0.0750. The first kappa shape index (κ1) is 33.5. The van der Waals surface area contributed by atoms with Crippen LogP contribution in [0.3, 0.4) is 0 Å². The van der Waals surface area contributed by atoms with Crippen molar-refractivity contribution >= 4 is 48.0 Å². The van der Waals surface area contributed by atoms with Gasteiger partial charge in [-0.05, 0) is 56.7 Å². The Balaban J connectivity index is 1.37. The number of hydrogen-bond donors (Lipinski definition) is 6. The van der Waals surface area contributed by atoms with Gasteiger partial charge in [0.15, 0.2) is 0 Å². The van der Waals surface area contributed by atoms with Gasteiger partial charge in [0.25, 0.3) is 5.91 Å². The first-order chi connectivity index (χ1) is 21.6. The van der Waals surface area contributed by atoms with Crippen molar-refractivity contribution in [2.45, 2.75) is 88.2 Å². The largest absolute Gasteiger partial charge is 0.399 e. The predicted molar refractivity (Wildman–Crippen MR) is 159 cm³/mol. The SMILES string of the molecule is CC(=O)N[C@H]1CCC[C@@H]1NC(=O)[C@@H]1CC[C@@H]2CCN(C(C)=O)C[C@H](NC(=O)c3cc4cc(C(F)(F)P(=O)(O)O)ccc4[nH]3)C(=O)N21. The number of benzene rings is 1. The van der Waals surface area contributed by atoms with Crippen molar-refractivity contribution in [1.29, 1.82) is 0 Å². The van der Waals surface area contributed by atoms with Crippen molar-refractivity contribution in [2.24, 2.45) is 0 Å². The van der Waals surface area contributed by atoms with E-state index in [0.717, 1.165) is 31.0 Å². The molecule has 2 saturated heterocycles. The summed E-state index contributed by atoms with van der Waals surface area (Å²) in [5, 5.41) is 8.58. The lowest BCUT2D eigenvalue weighted by atomic mass is 10.1. The zero-order chi connectivity index (χ0) is 33.6. The molecule has 1 saturated carbocycles. The van der Waals surface area contributed by atoms with Crippen LogP contribution in [0.1, 0.15) is 68.4 Å². The summed E-state index contributed by atoms with van der Waals surface area (Å²) >= 11 is 0. The number of carbonyl (C=O) groups is 5. The molecule has 1 aromatic heterocycles. The van der Waals surface area contributed by atoms with Gasteiger partial charge >= 0.3 is 13.3 Å². The van der Waals surface area contributed by atoms with Gasteiger partial charge in [-0.2, -0.15) is 8.78 Å². The number of nitrogens with zero attached hydrogens (tertiary/aromatic N) is 2. The third-order valence-corrected chi connectivity index (χ3v) is 10.0. The Morgan fingerprint density at radius 1 is 0.978 bits per heavy atom. The molecule has 17 heteroatoms. The standard InChI is InChI=1S/C29H37F2N6O8P/c1-15(38)32-21-4-3-5-22(21)34-27(41)25-9-7-19-10-11-36(16(2)39)14-24(28(42)37(19)25)35-26(40)23-13-17-12-18(6-8-20(17)33-23)29(30,31)46(43,44)45/h6,8,12-13,19,21-22,24-25,33H,3-5,7,9-11,14H2,1-2H3,(H,32,38)(H,34,41)(H,35,40)(H2,43,44,45)/t19-,21+,22+,24+,25+/m1/s1. The molecule has 2 aromatic rings. The highest BCUT2D eigenvalue weighted by molar-refractivity contribution is 7.52. The summed E-state index contributed by atoms with van der Waals surface area (Å²) in [6.07, 6.45) is 3.55. The zero-order valence-corrected chi connectivity index (χ0v) is 26.2. The molecule has 1 aliphatic carbocycles. The highest BCUT2D eigenvalue weighted by Gasteiger charge is 2.50. The van der Waals surface area contributed by atoms with Crippen LogP contribution in [-0.2, 0) is 29.4 Å². The molecule has 0 unspecified atom stereocenters. The average molecular weight is 667 g/mol. The number of fused-ring (bicyclic) bond motifs is 2. The van der Waals surface area contributed by atoms with Gasteiger partial charge in [-0.1, -0.05) is 6.07 Å². The molecule has 3 aliphatic rings. The Kier molecular flexibility index (Phi) is 9.26. The van der Waals surface area contributed by atoms with E-state index < -0.39 is 42.7 Å². The minimum atomic E-state index is -5.82. The molecule has 0 spiro atoms. The van der Waals surface area contributed by atoms with Crippen LogP contribution in [-0.4, -0.2) is 97.4 Å². The van der Waals surface area contributed by atoms with Gasteiger partial charge in [-0.15, -0.1) is 0 Å². The molecular weight excluding hydrogens is 629 g/mol. The molecular formula is C29H37F2N6O8P. The maximum Gasteiger partial charge on any atom is 0.399 e. The van der Waals surface area contributed by atoms with Crippen LogP contribution < -0.4 is 16.0 Å². The molecule has 3 fully saturated rings. The van der Waals surface area contributed by atoms with Crippen LogP contribution in [0, 0.1) is 0 Å². The molecule has 5 atom stereocenters. The molecule has 6 N–H and O–H groups in total. The van der Waals surface area contributed by atoms with E-state index in [9.17, 15) is 37.3 Å². The number of halogens is 2. The van der Waals surface area contributed by atoms with Crippen LogP contribution in [0.15, 0.2) is 24.3 Å². The number of aromatic nitrogens is 1. The predicted octanol–water partition coefficient (Wildman–Crippen LogP) is 1.28. The van der Waals surface area contributed by atoms with Crippen molar-refractivity contribution < 1.29 is 47.1 Å². The van der Waals surface area contributed by atoms with Gasteiger partial charge in [0.2, 0.25) is 23.6 Å². The van der Waals surface area contributed by atoms with Gasteiger partial charge < -0.3 is 40.5 Å². The Bertz CT molecular complexity index is 1610. The van der Waals surface area contributed by atoms with Gasteiger partial charge in [0.1, 0.15) is 17.8 Å². The van der Waals surface area contributed by atoms with Crippen LogP contribution >= 0.6 is 7.60 Å². The molecule has 14 nitrogen and oxygen atoms in total. The van der Waals surface area contributed by atoms with E-state index in [0.29, 0.717) is 32.2 Å². The van der Waals surface area contributed by atoms with Crippen LogP contribution in [0.5, 0.6) is 0 Å². The van der Waals surface area contributed by atoms with Crippen molar-refractivity contribution in [1.82, 2.24) is 30.7 Å². The topological polar surface area (TPSA) is 201 Å². The number of aromatic amines is 1. The monoisotopic (exact) mass is 666 g/mol. The minimum Gasteiger partial charge on any atom is -0.352 e.